The molecule has 2 heterocycles. The number of rotatable bonds is 16. The SMILES string of the molecule is CCCNC(=O)CCCCCN1/C(=C/C(C)=C/c2oc3ccc(-c4ccccc4)cc3[n+]2CCCS(=O)(=O)[O-])Oc2ccc(-c3ccccc3)cc21. The lowest BCUT2D eigenvalue weighted by atomic mass is 10.0. The molecule has 0 spiro atoms. The molecule has 0 saturated heterocycles. The number of nitrogens with one attached hydrogen (secondary N) is 1. The zero-order valence-electron chi connectivity index (χ0n) is 29.7. The first-order chi connectivity index (χ1) is 25.2. The average Bonchev–Trinajstić information content (AvgIpc) is 3.66. The predicted molar refractivity (Wildman–Crippen MR) is 204 cm³/mol. The standard InChI is InChI=1S/C42H45N3O6S/c1-3-23-43-40(46)18-11-6-12-24-44-36-29-34(32-14-7-4-8-15-32)19-21-38(36)50-41(44)27-31(2)28-42-45(25-13-26-52(47,48)49)37-30-35(20-22-39(37)51-42)33-16-9-5-10-17-33/h4-5,7-10,14-17,19-22,27-30H,3,6,11-13,18,23-26H2,1-2H3,(H-,43,46,47,48,49). The molecule has 0 fully saturated rings. The van der Waals surface area contributed by atoms with Gasteiger partial charge in [-0.3, -0.25) is 4.79 Å². The van der Waals surface area contributed by atoms with Gasteiger partial charge in [0.2, 0.25) is 17.4 Å². The summed E-state index contributed by atoms with van der Waals surface area (Å²) < 4.78 is 49.2. The fourth-order valence-electron chi connectivity index (χ4n) is 6.41. The minimum Gasteiger partial charge on any atom is -0.748 e. The molecule has 5 aromatic rings. The zero-order valence-corrected chi connectivity index (χ0v) is 30.5. The van der Waals surface area contributed by atoms with Gasteiger partial charge in [-0.15, -0.1) is 0 Å². The molecule has 10 heteroatoms. The summed E-state index contributed by atoms with van der Waals surface area (Å²) in [5.41, 5.74) is 7.55. The van der Waals surface area contributed by atoms with Crippen LogP contribution in [0, 0.1) is 0 Å². The largest absolute Gasteiger partial charge is 0.748 e. The maximum Gasteiger partial charge on any atom is 0.374 e. The van der Waals surface area contributed by atoms with Gasteiger partial charge < -0.3 is 23.9 Å². The lowest BCUT2D eigenvalue weighted by molar-refractivity contribution is -0.677. The van der Waals surface area contributed by atoms with Crippen molar-refractivity contribution in [2.75, 3.05) is 23.7 Å². The van der Waals surface area contributed by atoms with Crippen molar-refractivity contribution >= 4 is 38.9 Å². The predicted octanol–water partition coefficient (Wildman–Crippen LogP) is 8.22. The molecule has 9 nitrogen and oxygen atoms in total. The van der Waals surface area contributed by atoms with E-state index in [1.165, 1.54) is 0 Å². The molecular weight excluding hydrogens is 675 g/mol. The first-order valence-electron chi connectivity index (χ1n) is 18.0. The van der Waals surface area contributed by atoms with Crippen molar-refractivity contribution in [3.05, 3.63) is 120 Å². The van der Waals surface area contributed by atoms with Gasteiger partial charge in [-0.05, 0) is 72.2 Å². The molecule has 0 unspecified atom stereocenters. The molecule has 52 heavy (non-hydrogen) atoms. The van der Waals surface area contributed by atoms with Gasteiger partial charge in [-0.2, -0.15) is 4.57 Å². The number of carbonyl (C=O) groups is 1. The van der Waals surface area contributed by atoms with E-state index < -0.39 is 15.9 Å². The molecule has 0 saturated carbocycles. The lowest BCUT2D eigenvalue weighted by Crippen LogP contribution is -2.36. The van der Waals surface area contributed by atoms with Crippen LogP contribution in [0.2, 0.25) is 0 Å². The van der Waals surface area contributed by atoms with Crippen molar-refractivity contribution in [2.24, 2.45) is 0 Å². The van der Waals surface area contributed by atoms with Crippen molar-refractivity contribution < 1.29 is 31.5 Å². The van der Waals surface area contributed by atoms with Crippen molar-refractivity contribution in [2.45, 2.75) is 58.9 Å². The van der Waals surface area contributed by atoms with E-state index >= 15 is 0 Å². The van der Waals surface area contributed by atoms with Gasteiger partial charge in [0.05, 0.1) is 21.9 Å². The van der Waals surface area contributed by atoms with Crippen LogP contribution in [0.3, 0.4) is 0 Å². The quantitative estimate of drug-likeness (QED) is 0.0621. The summed E-state index contributed by atoms with van der Waals surface area (Å²) in [6.07, 6.45) is 8.06. The number of benzene rings is 4. The second kappa shape index (κ2) is 16.9. The Morgan fingerprint density at radius 2 is 1.56 bits per heavy atom. The highest BCUT2D eigenvalue weighted by atomic mass is 32.2. The summed E-state index contributed by atoms with van der Waals surface area (Å²) >= 11 is 0. The molecule has 0 aliphatic carbocycles. The summed E-state index contributed by atoms with van der Waals surface area (Å²) in [4.78, 5) is 14.3. The number of fused-ring (bicyclic) bond motifs is 2. The molecule has 0 atom stereocenters. The third-order valence-corrected chi connectivity index (χ3v) is 9.80. The van der Waals surface area contributed by atoms with Gasteiger partial charge in [-0.1, -0.05) is 86.1 Å². The van der Waals surface area contributed by atoms with Crippen molar-refractivity contribution in [3.8, 4) is 28.0 Å². The number of carbonyl (C=O) groups excluding carboxylic acids is 1. The molecule has 1 N–H and O–H groups in total. The number of oxazole rings is 1. The maximum atomic E-state index is 12.1. The van der Waals surface area contributed by atoms with E-state index in [0.717, 1.165) is 70.5 Å². The smallest absolute Gasteiger partial charge is 0.374 e. The average molecular weight is 720 g/mol. The highest BCUT2D eigenvalue weighted by Crippen LogP contribution is 2.42. The molecule has 4 aromatic carbocycles. The third kappa shape index (κ3) is 9.37. The van der Waals surface area contributed by atoms with Crippen LogP contribution in [0.4, 0.5) is 5.69 Å². The van der Waals surface area contributed by atoms with Crippen LogP contribution in [0.1, 0.15) is 58.3 Å². The maximum absolute atomic E-state index is 12.1. The number of anilines is 1. The number of unbranched alkanes of at least 4 members (excludes halogenated alkanes) is 2. The number of hydrogen-bond acceptors (Lipinski definition) is 7. The Morgan fingerprint density at radius 3 is 2.25 bits per heavy atom. The van der Waals surface area contributed by atoms with Crippen LogP contribution in [0.15, 0.2) is 119 Å². The molecule has 0 radical (unpaired) electrons. The van der Waals surface area contributed by atoms with Crippen LogP contribution < -0.4 is 19.5 Å². The molecule has 270 valence electrons. The lowest BCUT2D eigenvalue weighted by Gasteiger charge is -2.19. The molecule has 1 aliphatic rings. The Hall–Kier alpha value is -5.19. The Morgan fingerprint density at radius 1 is 0.865 bits per heavy atom. The van der Waals surface area contributed by atoms with E-state index in [4.69, 9.17) is 9.15 Å². The highest BCUT2D eigenvalue weighted by Gasteiger charge is 2.27. The topological polar surface area (TPSA) is 116 Å². The molecule has 6 rings (SSSR count). The number of amides is 1. The second-order valence-electron chi connectivity index (χ2n) is 13.1. The Balaban J connectivity index is 1.30. The van der Waals surface area contributed by atoms with Crippen LogP contribution in [0.5, 0.6) is 5.75 Å². The Bertz CT molecular complexity index is 2180. The van der Waals surface area contributed by atoms with E-state index in [9.17, 15) is 17.8 Å². The van der Waals surface area contributed by atoms with Gasteiger partial charge in [0.15, 0.2) is 12.3 Å². The van der Waals surface area contributed by atoms with Gasteiger partial charge in [0.25, 0.3) is 5.52 Å². The number of ether oxygens (including phenoxy) is 1. The number of allylic oxidation sites excluding steroid dienone is 2. The summed E-state index contributed by atoms with van der Waals surface area (Å²) in [5, 5.41) is 2.95. The fourth-order valence-corrected chi connectivity index (χ4v) is 6.90. The second-order valence-corrected chi connectivity index (χ2v) is 14.6. The number of aryl methyl sites for hydroxylation is 1. The van der Waals surface area contributed by atoms with Crippen LogP contribution >= 0.6 is 0 Å². The Kier molecular flexibility index (Phi) is 11.9. The summed E-state index contributed by atoms with van der Waals surface area (Å²) in [6.45, 7) is 5.71. The molecular formula is C42H45N3O6S. The van der Waals surface area contributed by atoms with E-state index in [1.54, 1.807) is 0 Å². The summed E-state index contributed by atoms with van der Waals surface area (Å²) in [6, 6.07) is 32.4. The molecule has 0 bridgehead atoms. The Labute approximate surface area is 306 Å². The van der Waals surface area contributed by atoms with Gasteiger partial charge in [-0.25, -0.2) is 8.42 Å². The first kappa shape index (κ1) is 36.6. The third-order valence-electron chi connectivity index (χ3n) is 9.01. The van der Waals surface area contributed by atoms with E-state index in [0.29, 0.717) is 36.9 Å². The van der Waals surface area contributed by atoms with Crippen molar-refractivity contribution in [3.63, 3.8) is 0 Å². The molecule has 1 aliphatic heterocycles. The zero-order chi connectivity index (χ0) is 36.5. The molecule has 1 aromatic heterocycles. The fraction of sp³-hybridized carbons (Fsp3) is 0.286. The highest BCUT2D eigenvalue weighted by molar-refractivity contribution is 7.85. The van der Waals surface area contributed by atoms with Crippen LogP contribution in [-0.2, 0) is 21.5 Å². The minimum atomic E-state index is -4.37. The number of hydrogen-bond donors (Lipinski definition) is 1. The minimum absolute atomic E-state index is 0.0966. The van der Waals surface area contributed by atoms with E-state index in [1.807, 2.05) is 103 Å². The summed E-state index contributed by atoms with van der Waals surface area (Å²) in [7, 11) is -4.37. The normalized spacial score (nSPS) is 13.8. The molecule has 1 amide bonds. The van der Waals surface area contributed by atoms with Crippen LogP contribution in [0.25, 0.3) is 39.4 Å². The van der Waals surface area contributed by atoms with E-state index in [2.05, 4.69) is 34.5 Å². The van der Waals surface area contributed by atoms with Crippen LogP contribution in [-0.4, -0.2) is 37.7 Å². The van der Waals surface area contributed by atoms with Crippen molar-refractivity contribution in [1.82, 2.24) is 5.32 Å². The summed E-state index contributed by atoms with van der Waals surface area (Å²) in [5.74, 6) is 1.61. The van der Waals surface area contributed by atoms with Gasteiger partial charge in [0.1, 0.15) is 0 Å². The van der Waals surface area contributed by atoms with Gasteiger partial charge in [0, 0.05) is 43.8 Å². The van der Waals surface area contributed by atoms with E-state index in [-0.39, 0.29) is 18.9 Å². The van der Waals surface area contributed by atoms with Crippen molar-refractivity contribution in [1.29, 1.82) is 0 Å². The first-order valence-corrected chi connectivity index (χ1v) is 19.5. The van der Waals surface area contributed by atoms with Gasteiger partial charge >= 0.3 is 5.89 Å². The monoisotopic (exact) mass is 719 g/mol. The number of nitrogens with zero attached hydrogens (tertiary/aromatic N) is 2. The number of aromatic nitrogens is 1.